The molecule has 4 N–H and O–H groups in total. The third kappa shape index (κ3) is 2.74. The van der Waals surface area contributed by atoms with Gasteiger partial charge in [0.2, 0.25) is 0 Å². The molecular formula is C8H14N4O2. The van der Waals surface area contributed by atoms with Crippen LogP contribution in [0.15, 0.2) is 6.20 Å². The Morgan fingerprint density at radius 3 is 3.14 bits per heavy atom. The van der Waals surface area contributed by atoms with Gasteiger partial charge in [-0.25, -0.2) is 0 Å². The molecule has 0 radical (unpaired) electrons. The Labute approximate surface area is 81.8 Å². The smallest absolute Gasteiger partial charge is 0.256 e. The zero-order chi connectivity index (χ0) is 10.4. The van der Waals surface area contributed by atoms with Gasteiger partial charge in [-0.3, -0.25) is 9.89 Å². The Morgan fingerprint density at radius 1 is 1.79 bits per heavy atom. The molecular weight excluding hydrogens is 184 g/mol. The molecule has 1 heterocycles. The average Bonchev–Trinajstić information content (AvgIpc) is 2.59. The lowest BCUT2D eigenvalue weighted by Gasteiger charge is -2.02. The first kappa shape index (κ1) is 10.5. The van der Waals surface area contributed by atoms with Crippen LogP contribution in [0.25, 0.3) is 0 Å². The molecule has 0 aliphatic carbocycles. The van der Waals surface area contributed by atoms with Crippen LogP contribution in [0.3, 0.4) is 0 Å². The van der Waals surface area contributed by atoms with Gasteiger partial charge in [-0.05, 0) is 6.42 Å². The number of rotatable bonds is 5. The normalized spacial score (nSPS) is 10.1. The van der Waals surface area contributed by atoms with Crippen LogP contribution in [0.1, 0.15) is 16.8 Å². The second-order valence-electron chi connectivity index (χ2n) is 2.80. The van der Waals surface area contributed by atoms with Gasteiger partial charge >= 0.3 is 0 Å². The van der Waals surface area contributed by atoms with E-state index in [9.17, 15) is 4.79 Å². The lowest BCUT2D eigenvalue weighted by atomic mass is 10.3. The number of aromatic nitrogens is 2. The number of ether oxygens (including phenoxy) is 1. The van der Waals surface area contributed by atoms with Crippen LogP contribution in [0, 0.1) is 0 Å². The number of nitrogens with one attached hydrogen (secondary N) is 2. The van der Waals surface area contributed by atoms with E-state index < -0.39 is 0 Å². The average molecular weight is 198 g/mol. The lowest BCUT2D eigenvalue weighted by molar-refractivity contribution is 0.0949. The first-order valence-electron chi connectivity index (χ1n) is 4.31. The second kappa shape index (κ2) is 5.23. The van der Waals surface area contributed by atoms with Crippen molar-refractivity contribution in [1.82, 2.24) is 15.5 Å². The van der Waals surface area contributed by atoms with Gasteiger partial charge in [0.05, 0.1) is 6.20 Å². The summed E-state index contributed by atoms with van der Waals surface area (Å²) in [5, 5.41) is 8.85. The summed E-state index contributed by atoms with van der Waals surface area (Å²) in [7, 11) is 1.62. The zero-order valence-electron chi connectivity index (χ0n) is 8.04. The summed E-state index contributed by atoms with van der Waals surface area (Å²) in [6.07, 6.45) is 2.18. The monoisotopic (exact) mass is 198 g/mol. The van der Waals surface area contributed by atoms with Crippen molar-refractivity contribution < 1.29 is 9.53 Å². The molecule has 0 saturated carbocycles. The molecule has 0 unspecified atom stereocenters. The molecule has 0 spiro atoms. The van der Waals surface area contributed by atoms with Crippen LogP contribution in [0.2, 0.25) is 0 Å². The number of nitrogens with zero attached hydrogens (tertiary/aromatic N) is 1. The van der Waals surface area contributed by atoms with Gasteiger partial charge in [0.15, 0.2) is 0 Å². The number of aromatic amines is 1. The van der Waals surface area contributed by atoms with Crippen LogP contribution in [-0.4, -0.2) is 36.4 Å². The van der Waals surface area contributed by atoms with Crippen molar-refractivity contribution in [3.05, 3.63) is 11.8 Å². The van der Waals surface area contributed by atoms with Crippen molar-refractivity contribution in [2.24, 2.45) is 0 Å². The zero-order valence-corrected chi connectivity index (χ0v) is 8.04. The summed E-state index contributed by atoms with van der Waals surface area (Å²) < 4.78 is 4.84. The second-order valence-corrected chi connectivity index (χ2v) is 2.80. The fourth-order valence-corrected chi connectivity index (χ4v) is 0.991. The van der Waals surface area contributed by atoms with Gasteiger partial charge in [0.25, 0.3) is 5.91 Å². The largest absolute Gasteiger partial charge is 0.385 e. The topological polar surface area (TPSA) is 93.0 Å². The Morgan fingerprint density at radius 2 is 2.57 bits per heavy atom. The van der Waals surface area contributed by atoms with E-state index in [1.165, 1.54) is 6.20 Å². The number of nitrogens with two attached hydrogens (primary N) is 1. The van der Waals surface area contributed by atoms with Crippen LogP contribution in [-0.2, 0) is 4.74 Å². The maximum absolute atomic E-state index is 11.4. The number of H-pyrrole nitrogens is 1. The number of carbonyl (C=O) groups excluding carboxylic acids is 1. The quantitative estimate of drug-likeness (QED) is 0.569. The van der Waals surface area contributed by atoms with Crippen molar-refractivity contribution in [1.29, 1.82) is 0 Å². The summed E-state index contributed by atoms with van der Waals surface area (Å²) >= 11 is 0. The molecule has 0 bridgehead atoms. The minimum absolute atomic E-state index is 0.215. The van der Waals surface area contributed by atoms with E-state index in [1.54, 1.807) is 7.11 Å². The lowest BCUT2D eigenvalue weighted by Crippen LogP contribution is -2.25. The van der Waals surface area contributed by atoms with Crippen molar-refractivity contribution in [3.63, 3.8) is 0 Å². The third-order valence-electron chi connectivity index (χ3n) is 1.72. The first-order valence-corrected chi connectivity index (χ1v) is 4.31. The summed E-state index contributed by atoms with van der Waals surface area (Å²) in [6.45, 7) is 1.19. The van der Waals surface area contributed by atoms with E-state index in [-0.39, 0.29) is 11.7 Å². The molecule has 1 aromatic heterocycles. The Kier molecular flexibility index (Phi) is 3.93. The van der Waals surface area contributed by atoms with E-state index >= 15 is 0 Å². The fraction of sp³-hybridized carbons (Fsp3) is 0.500. The number of carbonyl (C=O) groups is 1. The Balaban J connectivity index is 2.32. The minimum Gasteiger partial charge on any atom is -0.385 e. The highest BCUT2D eigenvalue weighted by atomic mass is 16.5. The maximum atomic E-state index is 11.4. The number of anilines is 1. The highest BCUT2D eigenvalue weighted by molar-refractivity contribution is 5.97. The highest BCUT2D eigenvalue weighted by Crippen LogP contribution is 2.04. The van der Waals surface area contributed by atoms with E-state index in [0.717, 1.165) is 6.42 Å². The van der Waals surface area contributed by atoms with Gasteiger partial charge in [-0.15, -0.1) is 0 Å². The number of hydrogen-bond donors (Lipinski definition) is 3. The summed E-state index contributed by atoms with van der Waals surface area (Å²) in [5.74, 6) is 0.0709. The molecule has 0 saturated heterocycles. The van der Waals surface area contributed by atoms with Gasteiger partial charge in [-0.2, -0.15) is 5.10 Å². The van der Waals surface area contributed by atoms with Gasteiger partial charge < -0.3 is 15.8 Å². The van der Waals surface area contributed by atoms with Crippen molar-refractivity contribution in [2.75, 3.05) is 26.0 Å². The third-order valence-corrected chi connectivity index (χ3v) is 1.72. The fourth-order valence-electron chi connectivity index (χ4n) is 0.991. The maximum Gasteiger partial charge on any atom is 0.256 e. The molecule has 14 heavy (non-hydrogen) atoms. The predicted octanol–water partition coefficient (Wildman–Crippen LogP) is -0.242. The Hall–Kier alpha value is -1.56. The number of methoxy groups -OCH3 is 1. The van der Waals surface area contributed by atoms with E-state index in [4.69, 9.17) is 10.5 Å². The van der Waals surface area contributed by atoms with Gasteiger partial charge in [0.1, 0.15) is 11.4 Å². The molecule has 0 atom stereocenters. The molecule has 1 amide bonds. The van der Waals surface area contributed by atoms with Gasteiger partial charge in [-0.1, -0.05) is 0 Å². The molecule has 1 rings (SSSR count). The molecule has 0 aliphatic rings. The Bertz CT molecular complexity index is 297. The predicted molar refractivity (Wildman–Crippen MR) is 51.8 cm³/mol. The SMILES string of the molecule is COCCCNC(=O)c1cn[nH]c1N. The van der Waals surface area contributed by atoms with Crippen molar-refractivity contribution >= 4 is 11.7 Å². The summed E-state index contributed by atoms with van der Waals surface area (Å²) in [4.78, 5) is 11.4. The van der Waals surface area contributed by atoms with E-state index in [1.807, 2.05) is 0 Å². The van der Waals surface area contributed by atoms with E-state index in [2.05, 4.69) is 15.5 Å². The highest BCUT2D eigenvalue weighted by Gasteiger charge is 2.09. The molecule has 0 aromatic carbocycles. The molecule has 6 nitrogen and oxygen atoms in total. The van der Waals surface area contributed by atoms with Crippen molar-refractivity contribution in [2.45, 2.75) is 6.42 Å². The van der Waals surface area contributed by atoms with Crippen LogP contribution >= 0.6 is 0 Å². The molecule has 0 aliphatic heterocycles. The van der Waals surface area contributed by atoms with Crippen LogP contribution < -0.4 is 11.1 Å². The van der Waals surface area contributed by atoms with Crippen LogP contribution in [0.4, 0.5) is 5.82 Å². The first-order chi connectivity index (χ1) is 6.75. The van der Waals surface area contributed by atoms with E-state index in [0.29, 0.717) is 18.7 Å². The molecule has 78 valence electrons. The number of nitrogen functional groups attached to an aromatic ring is 1. The molecule has 0 fully saturated rings. The standard InChI is InChI=1S/C8H14N4O2/c1-14-4-2-3-10-8(13)6-5-11-12-7(6)9/h5H,2-4H2,1H3,(H,10,13)(H3,9,11,12). The van der Waals surface area contributed by atoms with Crippen molar-refractivity contribution in [3.8, 4) is 0 Å². The molecule has 6 heteroatoms. The minimum atomic E-state index is -0.215. The summed E-state index contributed by atoms with van der Waals surface area (Å²) in [6, 6.07) is 0. The number of hydrogen-bond acceptors (Lipinski definition) is 4. The van der Waals surface area contributed by atoms with Crippen LogP contribution in [0.5, 0.6) is 0 Å². The number of amides is 1. The summed E-state index contributed by atoms with van der Waals surface area (Å²) in [5.41, 5.74) is 5.85. The van der Waals surface area contributed by atoms with Gasteiger partial charge in [0, 0.05) is 20.3 Å². The molecule has 1 aromatic rings.